The summed E-state index contributed by atoms with van der Waals surface area (Å²) in [4.78, 5) is 23.0. The minimum atomic E-state index is -1.15. The topological polar surface area (TPSA) is 82.1 Å². The molecule has 0 bridgehead atoms. The summed E-state index contributed by atoms with van der Waals surface area (Å²) in [6, 6.07) is 12.6. The maximum absolute atomic E-state index is 12.2. The number of methoxy groups -OCH3 is 2. The van der Waals surface area contributed by atoms with E-state index in [0.717, 1.165) is 5.56 Å². The average Bonchev–Trinajstić information content (AvgIpc) is 2.64. The van der Waals surface area contributed by atoms with Crippen LogP contribution in [0.25, 0.3) is 12.2 Å². The molecule has 0 amide bonds. The fourth-order valence-electron chi connectivity index (χ4n) is 2.18. The number of carbonyl (C=O) groups excluding carboxylic acids is 1. The standard InChI is InChI=1S/C19H18O6/c1-23-15-10-14(9-8-13-6-4-3-5-7-13)18(19(22)24-2)16(11-15)25-12-17(20)21/h3-11H,12H2,1-2H3,(H,20,21). The summed E-state index contributed by atoms with van der Waals surface area (Å²) in [5.74, 6) is -1.27. The quantitative estimate of drug-likeness (QED) is 0.615. The monoisotopic (exact) mass is 342 g/mol. The summed E-state index contributed by atoms with van der Waals surface area (Å²) in [7, 11) is 2.72. The molecule has 0 saturated carbocycles. The lowest BCUT2D eigenvalue weighted by Crippen LogP contribution is -2.14. The Balaban J connectivity index is 2.51. The van der Waals surface area contributed by atoms with Crippen molar-refractivity contribution in [1.29, 1.82) is 0 Å². The van der Waals surface area contributed by atoms with Gasteiger partial charge in [0.15, 0.2) is 6.61 Å². The zero-order valence-corrected chi connectivity index (χ0v) is 13.9. The number of esters is 1. The molecule has 6 nitrogen and oxygen atoms in total. The van der Waals surface area contributed by atoms with Crippen LogP contribution in [0.5, 0.6) is 11.5 Å². The fraction of sp³-hybridized carbons (Fsp3) is 0.158. The molecule has 0 unspecified atom stereocenters. The molecule has 0 atom stereocenters. The number of ether oxygens (including phenoxy) is 3. The van der Waals surface area contributed by atoms with Crippen molar-refractivity contribution >= 4 is 24.1 Å². The highest BCUT2D eigenvalue weighted by molar-refractivity contribution is 5.98. The lowest BCUT2D eigenvalue weighted by molar-refractivity contribution is -0.139. The van der Waals surface area contributed by atoms with Gasteiger partial charge in [-0.15, -0.1) is 0 Å². The van der Waals surface area contributed by atoms with Crippen molar-refractivity contribution in [3.05, 3.63) is 59.2 Å². The third kappa shape index (κ3) is 4.84. The number of carbonyl (C=O) groups is 2. The smallest absolute Gasteiger partial charge is 0.342 e. The Morgan fingerprint density at radius 3 is 2.40 bits per heavy atom. The largest absolute Gasteiger partial charge is 0.497 e. The van der Waals surface area contributed by atoms with Crippen LogP contribution in [0.1, 0.15) is 21.5 Å². The second kappa shape index (κ2) is 8.54. The first-order valence-electron chi connectivity index (χ1n) is 7.43. The Labute approximate surface area is 145 Å². The first-order chi connectivity index (χ1) is 12.0. The van der Waals surface area contributed by atoms with E-state index in [1.165, 1.54) is 20.3 Å². The van der Waals surface area contributed by atoms with Crippen molar-refractivity contribution in [2.24, 2.45) is 0 Å². The van der Waals surface area contributed by atoms with Crippen molar-refractivity contribution in [2.45, 2.75) is 0 Å². The maximum Gasteiger partial charge on any atom is 0.342 e. The molecule has 2 rings (SSSR count). The van der Waals surface area contributed by atoms with Crippen LogP contribution >= 0.6 is 0 Å². The van der Waals surface area contributed by atoms with Gasteiger partial charge in [-0.25, -0.2) is 9.59 Å². The van der Waals surface area contributed by atoms with E-state index in [-0.39, 0.29) is 11.3 Å². The van der Waals surface area contributed by atoms with Crippen LogP contribution in [0.3, 0.4) is 0 Å². The predicted octanol–water partition coefficient (Wildman–Crippen LogP) is 3.12. The van der Waals surface area contributed by atoms with E-state index in [2.05, 4.69) is 0 Å². The molecule has 6 heteroatoms. The van der Waals surface area contributed by atoms with Gasteiger partial charge in [0, 0.05) is 6.07 Å². The molecule has 2 aromatic rings. The zero-order valence-electron chi connectivity index (χ0n) is 13.9. The molecule has 130 valence electrons. The van der Waals surface area contributed by atoms with Crippen molar-refractivity contribution in [3.63, 3.8) is 0 Å². The first-order valence-corrected chi connectivity index (χ1v) is 7.43. The van der Waals surface area contributed by atoms with Gasteiger partial charge in [0.05, 0.1) is 14.2 Å². The molecule has 1 N–H and O–H groups in total. The molecule has 0 fully saturated rings. The Kier molecular flexibility index (Phi) is 6.17. The molecule has 0 saturated heterocycles. The summed E-state index contributed by atoms with van der Waals surface area (Å²) in [6.07, 6.45) is 3.54. The maximum atomic E-state index is 12.2. The molecule has 0 aliphatic heterocycles. The number of aliphatic carboxylic acids is 1. The molecule has 25 heavy (non-hydrogen) atoms. The van der Waals surface area contributed by atoms with Crippen LogP contribution < -0.4 is 9.47 Å². The summed E-state index contributed by atoms with van der Waals surface area (Å²) in [5, 5.41) is 8.82. The second-order valence-corrected chi connectivity index (χ2v) is 5.01. The van der Waals surface area contributed by atoms with Crippen LogP contribution in [0, 0.1) is 0 Å². The predicted molar refractivity (Wildman–Crippen MR) is 92.8 cm³/mol. The third-order valence-electron chi connectivity index (χ3n) is 3.34. The number of hydrogen-bond donors (Lipinski definition) is 1. The van der Waals surface area contributed by atoms with E-state index in [1.807, 2.05) is 36.4 Å². The van der Waals surface area contributed by atoms with Gasteiger partial charge in [0.25, 0.3) is 0 Å². The van der Waals surface area contributed by atoms with Crippen molar-refractivity contribution in [1.82, 2.24) is 0 Å². The molecule has 0 radical (unpaired) electrons. The minimum absolute atomic E-state index is 0.0845. The van der Waals surface area contributed by atoms with Gasteiger partial charge in [-0.05, 0) is 17.2 Å². The molecule has 0 aromatic heterocycles. The Morgan fingerprint density at radius 2 is 1.80 bits per heavy atom. The molecular weight excluding hydrogens is 324 g/mol. The average molecular weight is 342 g/mol. The molecule has 0 aliphatic carbocycles. The van der Waals surface area contributed by atoms with Crippen LogP contribution in [0.2, 0.25) is 0 Å². The zero-order chi connectivity index (χ0) is 18.2. The van der Waals surface area contributed by atoms with Crippen LogP contribution in [0.15, 0.2) is 42.5 Å². The highest BCUT2D eigenvalue weighted by Crippen LogP contribution is 2.31. The Hall–Kier alpha value is -3.28. The highest BCUT2D eigenvalue weighted by Gasteiger charge is 2.20. The summed E-state index contributed by atoms with van der Waals surface area (Å²) in [5.41, 5.74) is 1.57. The van der Waals surface area contributed by atoms with Gasteiger partial charge in [-0.3, -0.25) is 0 Å². The second-order valence-electron chi connectivity index (χ2n) is 5.01. The molecular formula is C19H18O6. The van der Waals surface area contributed by atoms with Crippen LogP contribution in [-0.2, 0) is 9.53 Å². The number of hydrogen-bond acceptors (Lipinski definition) is 5. The van der Waals surface area contributed by atoms with E-state index in [4.69, 9.17) is 19.3 Å². The Morgan fingerprint density at radius 1 is 1.08 bits per heavy atom. The van der Waals surface area contributed by atoms with Crippen LogP contribution in [0.4, 0.5) is 0 Å². The summed E-state index contributed by atoms with van der Waals surface area (Å²) in [6.45, 7) is -0.584. The molecule has 0 aliphatic rings. The van der Waals surface area contributed by atoms with Gasteiger partial charge in [0.1, 0.15) is 17.1 Å². The number of benzene rings is 2. The summed E-state index contributed by atoms with van der Waals surface area (Å²) < 4.78 is 15.3. The van der Waals surface area contributed by atoms with Crippen molar-refractivity contribution in [2.75, 3.05) is 20.8 Å². The van der Waals surface area contributed by atoms with Crippen LogP contribution in [-0.4, -0.2) is 37.9 Å². The third-order valence-corrected chi connectivity index (χ3v) is 3.34. The number of rotatable bonds is 7. The number of carboxylic acid groups (broad SMARTS) is 1. The van der Waals surface area contributed by atoms with Crippen molar-refractivity contribution < 1.29 is 28.9 Å². The van der Waals surface area contributed by atoms with E-state index in [1.54, 1.807) is 12.1 Å². The van der Waals surface area contributed by atoms with Gasteiger partial charge in [-0.2, -0.15) is 0 Å². The van der Waals surface area contributed by atoms with Gasteiger partial charge in [-0.1, -0.05) is 42.5 Å². The normalized spacial score (nSPS) is 10.5. The van der Waals surface area contributed by atoms with Gasteiger partial charge >= 0.3 is 11.9 Å². The van der Waals surface area contributed by atoms with Gasteiger partial charge < -0.3 is 19.3 Å². The van der Waals surface area contributed by atoms with E-state index in [0.29, 0.717) is 11.3 Å². The molecule has 2 aromatic carbocycles. The first kappa shape index (κ1) is 18.1. The molecule has 0 heterocycles. The Bertz CT molecular complexity index is 780. The SMILES string of the molecule is COC(=O)c1c(C=Cc2ccccc2)cc(OC)cc1OCC(=O)O. The van der Waals surface area contributed by atoms with E-state index < -0.39 is 18.5 Å². The van der Waals surface area contributed by atoms with Crippen molar-refractivity contribution in [3.8, 4) is 11.5 Å². The minimum Gasteiger partial charge on any atom is -0.497 e. The highest BCUT2D eigenvalue weighted by atomic mass is 16.5. The van der Waals surface area contributed by atoms with Gasteiger partial charge in [0.2, 0.25) is 0 Å². The summed E-state index contributed by atoms with van der Waals surface area (Å²) >= 11 is 0. The van der Waals surface area contributed by atoms with E-state index in [9.17, 15) is 9.59 Å². The fourth-order valence-corrected chi connectivity index (χ4v) is 2.18. The lowest BCUT2D eigenvalue weighted by Gasteiger charge is -2.13. The number of carboxylic acids is 1. The van der Waals surface area contributed by atoms with E-state index >= 15 is 0 Å². The lowest BCUT2D eigenvalue weighted by atomic mass is 10.0. The molecule has 0 spiro atoms.